The topological polar surface area (TPSA) is 89.0 Å². The van der Waals surface area contributed by atoms with Gasteiger partial charge in [-0.25, -0.2) is 8.42 Å². The molecular weight excluding hydrogens is 378 g/mol. The van der Waals surface area contributed by atoms with Gasteiger partial charge in [-0.2, -0.15) is 0 Å². The van der Waals surface area contributed by atoms with Crippen molar-refractivity contribution in [2.45, 2.75) is 39.2 Å². The molecule has 158 valence electrons. The minimum absolute atomic E-state index is 0.0549. The summed E-state index contributed by atoms with van der Waals surface area (Å²) in [6.07, 6.45) is 4.75. The van der Waals surface area contributed by atoms with Gasteiger partial charge in [0.15, 0.2) is 5.96 Å². The molecule has 0 atom stereocenters. The van der Waals surface area contributed by atoms with E-state index in [1.54, 1.807) is 0 Å². The molecule has 0 aliphatic heterocycles. The van der Waals surface area contributed by atoms with Gasteiger partial charge in [-0.1, -0.05) is 0 Å². The van der Waals surface area contributed by atoms with E-state index >= 15 is 0 Å². The standard InChI is InChI=1S/C20H33N3O4S/c1-16(2)27-19-9-7-18(8-10-19)23-20(22-12-14-28(3,24)25)21-11-4-13-26-15-17-5-6-17/h7-10,16-17H,4-6,11-15H2,1-3H3,(H2,21,22,23). The summed E-state index contributed by atoms with van der Waals surface area (Å²) in [5.41, 5.74) is 0.853. The maximum Gasteiger partial charge on any atom is 0.195 e. The van der Waals surface area contributed by atoms with Crippen molar-refractivity contribution in [3.63, 3.8) is 0 Å². The van der Waals surface area contributed by atoms with Crippen LogP contribution in [0.15, 0.2) is 29.3 Å². The molecule has 2 N–H and O–H groups in total. The van der Waals surface area contributed by atoms with Crippen LogP contribution in [-0.2, 0) is 14.6 Å². The lowest BCUT2D eigenvalue weighted by atomic mass is 10.3. The zero-order valence-corrected chi connectivity index (χ0v) is 17.9. The first-order valence-electron chi connectivity index (χ1n) is 9.89. The molecule has 1 saturated carbocycles. The van der Waals surface area contributed by atoms with Gasteiger partial charge in [0.1, 0.15) is 15.6 Å². The monoisotopic (exact) mass is 411 g/mol. The second kappa shape index (κ2) is 11.3. The lowest BCUT2D eigenvalue weighted by molar-refractivity contribution is 0.123. The summed E-state index contributed by atoms with van der Waals surface area (Å²) in [5.74, 6) is 2.18. The van der Waals surface area contributed by atoms with E-state index in [1.807, 2.05) is 38.1 Å². The zero-order chi connectivity index (χ0) is 20.4. The Bertz CT molecular complexity index is 713. The van der Waals surface area contributed by atoms with Crippen LogP contribution in [0.1, 0.15) is 33.1 Å². The van der Waals surface area contributed by atoms with Crippen LogP contribution in [0.4, 0.5) is 5.69 Å². The average molecular weight is 412 g/mol. The van der Waals surface area contributed by atoms with Gasteiger partial charge in [0.05, 0.1) is 11.9 Å². The molecule has 2 rings (SSSR count). The van der Waals surface area contributed by atoms with Crippen LogP contribution in [0.25, 0.3) is 0 Å². The number of aliphatic imine (C=N–C) groups is 1. The normalized spacial score (nSPS) is 14.9. The molecule has 1 fully saturated rings. The summed E-state index contributed by atoms with van der Waals surface area (Å²) in [6.45, 7) is 6.42. The molecule has 0 radical (unpaired) electrons. The van der Waals surface area contributed by atoms with Crippen LogP contribution in [0.2, 0.25) is 0 Å². The van der Waals surface area contributed by atoms with Gasteiger partial charge in [-0.05, 0) is 63.3 Å². The summed E-state index contributed by atoms with van der Waals surface area (Å²) in [5, 5.41) is 6.29. The molecule has 0 bridgehead atoms. The molecule has 0 aromatic heterocycles. The molecule has 0 heterocycles. The molecule has 1 aliphatic carbocycles. The molecular formula is C20H33N3O4S. The van der Waals surface area contributed by atoms with Crippen LogP contribution >= 0.6 is 0 Å². The van der Waals surface area contributed by atoms with E-state index in [4.69, 9.17) is 9.47 Å². The molecule has 0 saturated heterocycles. The number of anilines is 1. The Morgan fingerprint density at radius 2 is 1.96 bits per heavy atom. The third-order valence-corrected chi connectivity index (χ3v) is 4.97. The molecule has 0 spiro atoms. The van der Waals surface area contributed by atoms with Crippen molar-refractivity contribution in [3.05, 3.63) is 24.3 Å². The van der Waals surface area contributed by atoms with Crippen LogP contribution in [0.3, 0.4) is 0 Å². The van der Waals surface area contributed by atoms with E-state index < -0.39 is 9.84 Å². The molecule has 7 nitrogen and oxygen atoms in total. The summed E-state index contributed by atoms with van der Waals surface area (Å²) in [6, 6.07) is 7.60. The molecule has 0 unspecified atom stereocenters. The Morgan fingerprint density at radius 1 is 1.25 bits per heavy atom. The van der Waals surface area contributed by atoms with E-state index in [9.17, 15) is 8.42 Å². The van der Waals surface area contributed by atoms with E-state index in [-0.39, 0.29) is 11.9 Å². The second-order valence-electron chi connectivity index (χ2n) is 7.47. The summed E-state index contributed by atoms with van der Waals surface area (Å²) in [7, 11) is -3.03. The van der Waals surface area contributed by atoms with Crippen molar-refractivity contribution in [2.24, 2.45) is 10.9 Å². The molecule has 1 aromatic rings. The van der Waals surface area contributed by atoms with Crippen LogP contribution in [0, 0.1) is 5.92 Å². The fourth-order valence-corrected chi connectivity index (χ4v) is 2.89. The Labute approximate surface area is 168 Å². The zero-order valence-electron chi connectivity index (χ0n) is 17.1. The third kappa shape index (κ3) is 10.5. The van der Waals surface area contributed by atoms with Crippen molar-refractivity contribution in [1.82, 2.24) is 5.32 Å². The highest BCUT2D eigenvalue weighted by Crippen LogP contribution is 2.28. The Hall–Kier alpha value is -1.80. The van der Waals surface area contributed by atoms with E-state index in [2.05, 4.69) is 15.6 Å². The van der Waals surface area contributed by atoms with Crippen LogP contribution in [-0.4, -0.2) is 58.8 Å². The molecule has 0 amide bonds. The lowest BCUT2D eigenvalue weighted by Crippen LogP contribution is -2.34. The summed E-state index contributed by atoms with van der Waals surface area (Å²) in [4.78, 5) is 4.53. The second-order valence-corrected chi connectivity index (χ2v) is 9.73. The molecule has 1 aromatic carbocycles. The number of sulfone groups is 1. The SMILES string of the molecule is CC(C)Oc1ccc(NC(=NCCCOCC2CC2)NCCS(C)(=O)=O)cc1. The van der Waals surface area contributed by atoms with Gasteiger partial charge in [0.2, 0.25) is 0 Å². The number of hydrogen-bond donors (Lipinski definition) is 2. The minimum atomic E-state index is -3.03. The van der Waals surface area contributed by atoms with E-state index in [0.717, 1.165) is 30.4 Å². The first-order chi connectivity index (χ1) is 13.3. The van der Waals surface area contributed by atoms with E-state index in [0.29, 0.717) is 25.7 Å². The molecule has 1 aliphatic rings. The number of nitrogens with zero attached hydrogens (tertiary/aromatic N) is 1. The highest BCUT2D eigenvalue weighted by Gasteiger charge is 2.20. The average Bonchev–Trinajstić information content (AvgIpc) is 3.42. The number of benzene rings is 1. The number of guanidine groups is 1. The highest BCUT2D eigenvalue weighted by molar-refractivity contribution is 7.90. The van der Waals surface area contributed by atoms with E-state index in [1.165, 1.54) is 19.1 Å². The Kier molecular flexibility index (Phi) is 9.05. The third-order valence-electron chi connectivity index (χ3n) is 4.02. The van der Waals surface area contributed by atoms with Crippen molar-refractivity contribution >= 4 is 21.5 Å². The number of hydrogen-bond acceptors (Lipinski definition) is 5. The quantitative estimate of drug-likeness (QED) is 0.312. The minimum Gasteiger partial charge on any atom is -0.491 e. The first kappa shape index (κ1) is 22.5. The predicted octanol–water partition coefficient (Wildman–Crippen LogP) is 2.69. The van der Waals surface area contributed by atoms with Crippen LogP contribution < -0.4 is 15.4 Å². The van der Waals surface area contributed by atoms with Gasteiger partial charge < -0.3 is 20.1 Å². The predicted molar refractivity (Wildman–Crippen MR) is 114 cm³/mol. The maximum atomic E-state index is 11.4. The van der Waals surface area contributed by atoms with Crippen molar-refractivity contribution in [3.8, 4) is 5.75 Å². The first-order valence-corrected chi connectivity index (χ1v) is 12.0. The Morgan fingerprint density at radius 3 is 2.57 bits per heavy atom. The number of nitrogens with one attached hydrogen (secondary N) is 2. The van der Waals surface area contributed by atoms with Crippen molar-refractivity contribution < 1.29 is 17.9 Å². The van der Waals surface area contributed by atoms with Gasteiger partial charge >= 0.3 is 0 Å². The largest absolute Gasteiger partial charge is 0.491 e. The van der Waals surface area contributed by atoms with Gasteiger partial charge in [-0.3, -0.25) is 4.99 Å². The maximum absolute atomic E-state index is 11.4. The number of ether oxygens (including phenoxy) is 2. The van der Waals surface area contributed by atoms with Gasteiger partial charge in [0, 0.05) is 38.2 Å². The molecule has 28 heavy (non-hydrogen) atoms. The van der Waals surface area contributed by atoms with Crippen LogP contribution in [0.5, 0.6) is 5.75 Å². The Balaban J connectivity index is 1.85. The summed E-state index contributed by atoms with van der Waals surface area (Å²) < 4.78 is 34.0. The fourth-order valence-electron chi connectivity index (χ4n) is 2.41. The lowest BCUT2D eigenvalue weighted by Gasteiger charge is -2.14. The smallest absolute Gasteiger partial charge is 0.195 e. The van der Waals surface area contributed by atoms with Gasteiger partial charge in [0.25, 0.3) is 0 Å². The van der Waals surface area contributed by atoms with Crippen molar-refractivity contribution in [1.29, 1.82) is 0 Å². The highest BCUT2D eigenvalue weighted by atomic mass is 32.2. The number of rotatable bonds is 12. The summed E-state index contributed by atoms with van der Waals surface area (Å²) >= 11 is 0. The van der Waals surface area contributed by atoms with Gasteiger partial charge in [-0.15, -0.1) is 0 Å². The van der Waals surface area contributed by atoms with Crippen molar-refractivity contribution in [2.75, 3.05) is 43.6 Å². The fraction of sp³-hybridized carbons (Fsp3) is 0.650. The molecule has 8 heteroatoms.